The first-order valence-corrected chi connectivity index (χ1v) is 15.8. The molecular formula is C35H43FN4O6. The van der Waals surface area contributed by atoms with E-state index in [0.717, 1.165) is 24.8 Å². The SMILES string of the molecule is COc1cc2c(cc1C(=O)N1CCC(Cc3ccc(F)cc3)CC1)c(C(=O)C(=O)N1CCN(C(=O)OC(C)(C)C)[C@H](C)C1)cn2C. The Morgan fingerprint density at radius 2 is 1.61 bits per heavy atom. The average Bonchev–Trinajstić information content (AvgIpc) is 3.34. The Kier molecular flexibility index (Phi) is 9.42. The van der Waals surface area contributed by atoms with Crippen LogP contribution in [0.15, 0.2) is 42.6 Å². The van der Waals surface area contributed by atoms with Crippen LogP contribution in [0.1, 0.15) is 66.8 Å². The van der Waals surface area contributed by atoms with E-state index < -0.39 is 23.4 Å². The molecule has 0 spiro atoms. The summed E-state index contributed by atoms with van der Waals surface area (Å²) in [5, 5.41) is 0.497. The molecule has 3 heterocycles. The Morgan fingerprint density at radius 1 is 0.935 bits per heavy atom. The summed E-state index contributed by atoms with van der Waals surface area (Å²) >= 11 is 0. The van der Waals surface area contributed by atoms with E-state index in [1.165, 1.54) is 24.1 Å². The topological polar surface area (TPSA) is 101 Å². The third-order valence-electron chi connectivity index (χ3n) is 8.86. The molecule has 2 aromatic carbocycles. The lowest BCUT2D eigenvalue weighted by molar-refractivity contribution is -0.129. The number of benzene rings is 2. The van der Waals surface area contributed by atoms with Crippen LogP contribution in [0.4, 0.5) is 9.18 Å². The van der Waals surface area contributed by atoms with Crippen molar-refractivity contribution in [3.63, 3.8) is 0 Å². The highest BCUT2D eigenvalue weighted by Crippen LogP contribution is 2.32. The third kappa shape index (κ3) is 7.03. The maximum Gasteiger partial charge on any atom is 0.410 e. The monoisotopic (exact) mass is 634 g/mol. The number of aromatic nitrogens is 1. The first-order valence-electron chi connectivity index (χ1n) is 15.8. The number of halogens is 1. The molecule has 2 saturated heterocycles. The van der Waals surface area contributed by atoms with E-state index in [9.17, 15) is 23.6 Å². The predicted octanol–water partition coefficient (Wildman–Crippen LogP) is 5.07. The summed E-state index contributed by atoms with van der Waals surface area (Å²) in [6, 6.07) is 9.61. The molecule has 2 aliphatic heterocycles. The number of nitrogens with zero attached hydrogens (tertiary/aromatic N) is 4. The Balaban J connectivity index is 1.30. The maximum atomic E-state index is 13.8. The molecule has 1 aromatic heterocycles. The van der Waals surface area contributed by atoms with E-state index in [1.54, 1.807) is 72.6 Å². The number of likely N-dealkylation sites (tertiary alicyclic amines) is 1. The maximum absolute atomic E-state index is 13.8. The first-order chi connectivity index (χ1) is 21.8. The Bertz CT molecular complexity index is 1640. The summed E-state index contributed by atoms with van der Waals surface area (Å²) in [5.74, 6) is -1.000. The number of fused-ring (bicyclic) bond motifs is 1. The van der Waals surface area contributed by atoms with Gasteiger partial charge >= 0.3 is 6.09 Å². The lowest BCUT2D eigenvalue weighted by Crippen LogP contribution is -2.57. The largest absolute Gasteiger partial charge is 0.496 e. The van der Waals surface area contributed by atoms with Crippen LogP contribution in [-0.4, -0.2) is 94.4 Å². The van der Waals surface area contributed by atoms with Gasteiger partial charge in [0.1, 0.15) is 17.2 Å². The summed E-state index contributed by atoms with van der Waals surface area (Å²) < 4.78 is 26.2. The second-order valence-corrected chi connectivity index (χ2v) is 13.4. The number of hydrogen-bond donors (Lipinski definition) is 0. The van der Waals surface area contributed by atoms with Crippen molar-refractivity contribution in [3.05, 3.63) is 65.1 Å². The fourth-order valence-corrected chi connectivity index (χ4v) is 6.38. The van der Waals surface area contributed by atoms with Crippen LogP contribution in [-0.2, 0) is 23.0 Å². The number of piperidine rings is 1. The van der Waals surface area contributed by atoms with Gasteiger partial charge in [-0.05, 0) is 76.6 Å². The number of amides is 3. The van der Waals surface area contributed by atoms with Gasteiger partial charge < -0.3 is 28.7 Å². The number of ketones is 1. The summed E-state index contributed by atoms with van der Waals surface area (Å²) in [6.07, 6.45) is 3.62. The first kappa shape index (κ1) is 33.0. The average molecular weight is 635 g/mol. The van der Waals surface area contributed by atoms with Crippen molar-refractivity contribution in [2.75, 3.05) is 39.8 Å². The number of ether oxygens (including phenoxy) is 2. The highest BCUT2D eigenvalue weighted by Gasteiger charge is 2.36. The van der Waals surface area contributed by atoms with Crippen LogP contribution < -0.4 is 4.74 Å². The molecule has 0 saturated carbocycles. The van der Waals surface area contributed by atoms with E-state index >= 15 is 0 Å². The van der Waals surface area contributed by atoms with Gasteiger partial charge in [0, 0.05) is 63.5 Å². The number of Topliss-reactive ketones (excluding diaryl/α,β-unsaturated/α-hetero) is 1. The summed E-state index contributed by atoms with van der Waals surface area (Å²) in [7, 11) is 3.28. The molecule has 3 amide bonds. The molecule has 10 nitrogen and oxygen atoms in total. The van der Waals surface area contributed by atoms with Crippen LogP contribution in [0.25, 0.3) is 10.9 Å². The van der Waals surface area contributed by atoms with Crippen LogP contribution in [0.3, 0.4) is 0 Å². The second kappa shape index (κ2) is 13.1. The lowest BCUT2D eigenvalue weighted by atomic mass is 9.90. The number of carbonyl (C=O) groups excluding carboxylic acids is 4. The van der Waals surface area contributed by atoms with Gasteiger partial charge in [-0.1, -0.05) is 12.1 Å². The van der Waals surface area contributed by atoms with Crippen molar-refractivity contribution in [1.82, 2.24) is 19.3 Å². The molecule has 46 heavy (non-hydrogen) atoms. The summed E-state index contributed by atoms with van der Waals surface area (Å²) in [6.45, 7) is 9.00. The molecule has 3 aromatic rings. The summed E-state index contributed by atoms with van der Waals surface area (Å²) in [5.41, 5.74) is 1.64. The normalized spacial score (nSPS) is 17.7. The quantitative estimate of drug-likeness (QED) is 0.277. The minimum atomic E-state index is -0.673. The van der Waals surface area contributed by atoms with Crippen LogP contribution >= 0.6 is 0 Å². The molecule has 0 bridgehead atoms. The van der Waals surface area contributed by atoms with E-state index in [0.29, 0.717) is 41.2 Å². The molecular weight excluding hydrogens is 591 g/mol. The Hall–Kier alpha value is -4.41. The fourth-order valence-electron chi connectivity index (χ4n) is 6.38. The zero-order chi connectivity index (χ0) is 33.3. The van der Waals surface area contributed by atoms with Crippen LogP contribution in [0.2, 0.25) is 0 Å². The number of carbonyl (C=O) groups is 4. The van der Waals surface area contributed by atoms with Crippen molar-refractivity contribution in [2.24, 2.45) is 13.0 Å². The molecule has 2 aliphatic rings. The van der Waals surface area contributed by atoms with Gasteiger partial charge in [-0.2, -0.15) is 0 Å². The zero-order valence-corrected chi connectivity index (χ0v) is 27.5. The standard InChI is InChI=1S/C35H43FN4O6/c1-22-20-39(15-16-40(22)34(44)46-35(2,3)4)33(43)31(41)28-21-37(5)29-19-30(45-6)27(18-26(28)29)32(42)38-13-11-24(12-14-38)17-23-7-9-25(36)10-8-23/h7-10,18-19,21-22,24H,11-17,20H2,1-6H3/t22-/m1/s1. The van der Waals surface area contributed by atoms with Crippen molar-refractivity contribution in [2.45, 2.75) is 58.6 Å². The molecule has 5 rings (SSSR count). The third-order valence-corrected chi connectivity index (χ3v) is 8.86. The van der Waals surface area contributed by atoms with Crippen molar-refractivity contribution < 1.29 is 33.0 Å². The fraction of sp³-hybridized carbons (Fsp3) is 0.486. The number of aryl methyl sites for hydroxylation is 1. The highest BCUT2D eigenvalue weighted by molar-refractivity contribution is 6.45. The number of piperazine rings is 1. The molecule has 246 valence electrons. The number of rotatable bonds is 6. The molecule has 0 radical (unpaired) electrons. The number of hydrogen-bond acceptors (Lipinski definition) is 6. The Labute approximate surface area is 269 Å². The molecule has 0 aliphatic carbocycles. The van der Waals surface area contributed by atoms with E-state index in [1.807, 2.05) is 6.92 Å². The van der Waals surface area contributed by atoms with Gasteiger partial charge in [0.05, 0.1) is 23.8 Å². The smallest absolute Gasteiger partial charge is 0.410 e. The minimum absolute atomic E-state index is 0.195. The molecule has 11 heteroatoms. The predicted molar refractivity (Wildman–Crippen MR) is 172 cm³/mol. The van der Waals surface area contributed by atoms with Gasteiger partial charge in [0.15, 0.2) is 0 Å². The van der Waals surface area contributed by atoms with E-state index in [-0.39, 0.29) is 43.0 Å². The van der Waals surface area contributed by atoms with Crippen molar-refractivity contribution >= 4 is 34.6 Å². The zero-order valence-electron chi connectivity index (χ0n) is 27.5. The molecule has 0 N–H and O–H groups in total. The van der Waals surface area contributed by atoms with Gasteiger partial charge in [-0.15, -0.1) is 0 Å². The molecule has 1 atom stereocenters. The highest BCUT2D eigenvalue weighted by atomic mass is 19.1. The van der Waals surface area contributed by atoms with Gasteiger partial charge in [-0.25, -0.2) is 9.18 Å². The number of methoxy groups -OCH3 is 1. The molecule has 2 fully saturated rings. The van der Waals surface area contributed by atoms with Crippen molar-refractivity contribution in [1.29, 1.82) is 0 Å². The Morgan fingerprint density at radius 3 is 2.22 bits per heavy atom. The van der Waals surface area contributed by atoms with Crippen LogP contribution in [0, 0.1) is 11.7 Å². The van der Waals surface area contributed by atoms with Gasteiger partial charge in [0.2, 0.25) is 0 Å². The minimum Gasteiger partial charge on any atom is -0.496 e. The van der Waals surface area contributed by atoms with Crippen LogP contribution in [0.5, 0.6) is 5.75 Å². The van der Waals surface area contributed by atoms with Crippen molar-refractivity contribution in [3.8, 4) is 5.75 Å². The van der Waals surface area contributed by atoms with E-state index in [2.05, 4.69) is 0 Å². The second-order valence-electron chi connectivity index (χ2n) is 13.4. The molecule has 0 unspecified atom stereocenters. The van der Waals surface area contributed by atoms with E-state index in [4.69, 9.17) is 9.47 Å². The summed E-state index contributed by atoms with van der Waals surface area (Å²) in [4.78, 5) is 58.4. The van der Waals surface area contributed by atoms with Gasteiger partial charge in [0.25, 0.3) is 17.6 Å². The lowest BCUT2D eigenvalue weighted by Gasteiger charge is -2.39. The van der Waals surface area contributed by atoms with Gasteiger partial charge in [-0.3, -0.25) is 14.4 Å².